The second-order valence-electron chi connectivity index (χ2n) is 27.7. The van der Waals surface area contributed by atoms with Crippen molar-refractivity contribution in [3.8, 4) is 0 Å². The molecule has 36 nitrogen and oxygen atoms in total. The van der Waals surface area contributed by atoms with E-state index in [4.69, 9.17) is 33.1 Å². The molecule has 4 atom stereocenters. The van der Waals surface area contributed by atoms with Crippen LogP contribution in [-0.2, 0) is 96.1 Å². The molecule has 8 aliphatic heterocycles. The number of allylic oxidation sites excluding steroid dienone is 4. The zero-order valence-corrected chi connectivity index (χ0v) is 65.8. The van der Waals surface area contributed by atoms with Crippen LogP contribution in [0.1, 0.15) is 223 Å². The van der Waals surface area contributed by atoms with Crippen LogP contribution in [0.3, 0.4) is 0 Å². The van der Waals surface area contributed by atoms with Gasteiger partial charge in [-0.1, -0.05) is 26.3 Å². The lowest BCUT2D eigenvalue weighted by molar-refractivity contribution is -0.186. The highest BCUT2D eigenvalue weighted by molar-refractivity contribution is 5.88. The summed E-state index contributed by atoms with van der Waals surface area (Å²) >= 11 is 0. The van der Waals surface area contributed by atoms with Crippen molar-refractivity contribution in [1.82, 2.24) is 82.4 Å². The summed E-state index contributed by atoms with van der Waals surface area (Å²) in [7, 11) is 0. The fourth-order valence-electron chi connectivity index (χ4n) is 12.1. The highest BCUT2D eigenvalue weighted by Crippen LogP contribution is 2.27. The van der Waals surface area contributed by atoms with Crippen LogP contribution in [0, 0.1) is 0 Å². The van der Waals surface area contributed by atoms with E-state index in [0.717, 1.165) is 26.7 Å². The summed E-state index contributed by atoms with van der Waals surface area (Å²) in [5, 5.41) is 23.9. The van der Waals surface area contributed by atoms with Crippen LogP contribution in [-0.4, -0.2) is 261 Å². The van der Waals surface area contributed by atoms with Crippen LogP contribution in [0.2, 0.25) is 0 Å². The molecule has 0 bridgehead atoms. The third-order valence-electron chi connectivity index (χ3n) is 18.0. The Hall–Kier alpha value is -9.68. The molecule has 0 aromatic carbocycles. The number of carbonyl (C=O) groups excluding carboxylic acids is 16. The second kappa shape index (κ2) is 47.6. The highest BCUT2D eigenvalue weighted by Gasteiger charge is 2.38. The van der Waals surface area contributed by atoms with Gasteiger partial charge in [-0.25, -0.2) is 19.2 Å². The first-order valence-electron chi connectivity index (χ1n) is 42.8. The van der Waals surface area contributed by atoms with Gasteiger partial charge in [0.15, 0.2) is 0 Å². The average molecular weight is 1590 g/mol. The maximum Gasteiger partial charge on any atom is 0.334 e. The second-order valence-corrected chi connectivity index (χ2v) is 27.7. The molecular weight excluding hydrogens is 1460 g/mol. The minimum Gasteiger partial charge on any atom is -0.355 e. The predicted molar refractivity (Wildman–Crippen MR) is 406 cm³/mol. The lowest BCUT2D eigenvalue weighted by atomic mass is 10.2. The van der Waals surface area contributed by atoms with E-state index in [1.165, 1.54) is 23.6 Å². The van der Waals surface area contributed by atoms with Crippen molar-refractivity contribution in [3.63, 3.8) is 0 Å². The molecule has 4 unspecified atom stereocenters. The number of nitrogens with zero attached hydrogens (tertiary/aromatic N) is 8. The molecule has 8 aliphatic rings. The number of nitrogens with one attached hydrogen (secondary N) is 8. The summed E-state index contributed by atoms with van der Waals surface area (Å²) in [6.45, 7) is 29.6. The van der Waals surface area contributed by atoms with Crippen molar-refractivity contribution in [3.05, 3.63) is 49.1 Å². The lowest BCUT2D eigenvalue weighted by Crippen LogP contribution is -2.46. The van der Waals surface area contributed by atoms with Gasteiger partial charge in [0.2, 0.25) is 47.3 Å². The highest BCUT2D eigenvalue weighted by atomic mass is 16.7. The number of hydroxylamine groups is 8. The van der Waals surface area contributed by atoms with Gasteiger partial charge < -0.3 is 61.9 Å². The Balaban J connectivity index is 0.000000289. The zero-order chi connectivity index (χ0) is 91.8. The van der Waals surface area contributed by atoms with E-state index < -0.39 is 102 Å². The van der Waals surface area contributed by atoms with Crippen LogP contribution in [0.25, 0.3) is 0 Å². The smallest absolute Gasteiger partial charge is 0.334 e. The van der Waals surface area contributed by atoms with Gasteiger partial charge in [-0.15, -0.1) is 20.3 Å². The van der Waals surface area contributed by atoms with Crippen LogP contribution in [0.4, 0.5) is 0 Å². The first kappa shape index (κ1) is 77.6. The number of hydrogen-bond donors (Lipinski definition) is 8. The van der Waals surface area contributed by atoms with Crippen LogP contribution >= 0.6 is 0 Å². The Kier molecular flexibility index (Phi) is 33.0. The Morgan fingerprint density at radius 3 is 0.920 bits per heavy atom. The molecular formula is C76H120N16O20. The summed E-state index contributed by atoms with van der Waals surface area (Å²) in [4.78, 5) is 217. The molecule has 0 radical (unpaired) electrons. The minimum absolute atomic E-state index is 0.00776. The SMILES string of the molecule is [2H]C(C)(C)N1CCC([2H])([2H])C1([2H])C(=O)NCCC(=O)NCCC(=O)ON1C(=C)CCC1=O.[2H]C(C)(C)N1CCCC1([2H])C(=O)NCCC(=O)NCCC(=O)ON1C(=C)CCC1=O.[2H]C(C)(C)N1CCCC1C(=O)NCCC(=O)NCCC(=O)ON1C(=C)CCC1=O.[2H]C1([2H])CCN(C(C)C)C1([2H])C(=O)NCCC(=O)NCCC(=O)ON1C(=C)CCC1=O. The van der Waals surface area contributed by atoms with Crippen LogP contribution in [0.5, 0.6) is 0 Å². The summed E-state index contributed by atoms with van der Waals surface area (Å²) in [6.07, 6.45) is 0.521. The van der Waals surface area contributed by atoms with Crippen molar-refractivity contribution in [2.75, 3.05) is 78.5 Å². The number of carbonyl (C=O) groups is 16. The topological polar surface area (TPSA) is 432 Å². The van der Waals surface area contributed by atoms with Crippen LogP contribution in [0.15, 0.2) is 49.1 Å². The average Bonchev–Trinajstić information content (AvgIpc) is 1.58. The van der Waals surface area contributed by atoms with Crippen molar-refractivity contribution >= 4 is 94.8 Å². The number of rotatable bonds is 36. The minimum atomic E-state index is -2.28. The summed E-state index contributed by atoms with van der Waals surface area (Å²) in [6, 6.07) is -9.58. The standard InChI is InChI=1S/4C19H30N4O5/c4*1-13(2)22-12-4-5-15(22)19(27)21-10-8-16(24)20-11-9-18(26)28-23-14(3)6-7-17(23)25/h4*13,15H,3-12H2,1-2H3,(H,20,24)(H,21,27)/i5D2,13D,15D;13D,15D;5D2,15D;13D. The maximum atomic E-state index is 12.6. The maximum absolute atomic E-state index is 12.6. The zero-order valence-electron chi connectivity index (χ0n) is 75.8. The molecule has 0 aromatic rings. The molecule has 8 heterocycles. The molecule has 0 aliphatic carbocycles. The van der Waals surface area contributed by atoms with Crippen molar-refractivity contribution in [1.29, 1.82) is 0 Å². The quantitative estimate of drug-likeness (QED) is 0.0444. The van der Waals surface area contributed by atoms with Gasteiger partial charge in [0.1, 0.15) is 0 Å². The van der Waals surface area contributed by atoms with Gasteiger partial charge in [-0.2, -0.15) is 0 Å². The number of hydrogen-bond acceptors (Lipinski definition) is 24. The third kappa shape index (κ3) is 31.1. The van der Waals surface area contributed by atoms with E-state index in [-0.39, 0.29) is 202 Å². The van der Waals surface area contributed by atoms with Crippen molar-refractivity contribution in [2.45, 2.75) is 258 Å². The number of amides is 12. The van der Waals surface area contributed by atoms with Crippen molar-refractivity contribution < 1.29 is 110 Å². The fraction of sp³-hybridized carbons (Fsp3) is 0.684. The predicted octanol–water partition coefficient (Wildman–Crippen LogP) is 1.86. The van der Waals surface area contributed by atoms with E-state index in [9.17, 15) is 76.7 Å². The molecule has 0 saturated carbocycles. The molecule has 112 heavy (non-hydrogen) atoms. The third-order valence-corrected chi connectivity index (χ3v) is 18.0. The van der Waals surface area contributed by atoms with Crippen molar-refractivity contribution in [2.24, 2.45) is 0 Å². The normalized spacial score (nSPS) is 24.4. The Morgan fingerprint density at radius 2 is 0.616 bits per heavy atom. The molecule has 8 rings (SSSR count). The molecule has 36 heteroatoms. The first-order chi connectivity index (χ1) is 56.6. The molecule has 0 spiro atoms. The van der Waals surface area contributed by atoms with Gasteiger partial charge in [-0.3, -0.25) is 77.1 Å². The van der Waals surface area contributed by atoms with Gasteiger partial charge >= 0.3 is 23.9 Å². The summed E-state index contributed by atoms with van der Waals surface area (Å²) in [5.41, 5.74) is 1.68. The Labute approximate surface area is 670 Å². The fourth-order valence-corrected chi connectivity index (χ4v) is 12.1. The number of likely N-dealkylation sites (tertiary alicyclic amines) is 4. The monoisotopic (exact) mass is 1590 g/mol. The molecule has 12 amide bonds. The molecule has 624 valence electrons. The van der Waals surface area contributed by atoms with E-state index >= 15 is 0 Å². The largest absolute Gasteiger partial charge is 0.355 e. The molecule has 0 aromatic heterocycles. The van der Waals surface area contributed by atoms with Gasteiger partial charge in [-0.05, 0) is 159 Å². The van der Waals surface area contributed by atoms with E-state index in [0.29, 0.717) is 87.4 Å². The summed E-state index contributed by atoms with van der Waals surface area (Å²) < 4.78 is 82.1. The van der Waals surface area contributed by atoms with Gasteiger partial charge in [0.25, 0.3) is 23.6 Å². The molecule has 8 N–H and O–H groups in total. The Morgan fingerprint density at radius 1 is 0.357 bits per heavy atom. The van der Waals surface area contributed by atoms with E-state index in [1.807, 2.05) is 4.90 Å². The molecule has 8 fully saturated rings. The lowest BCUT2D eigenvalue weighted by Gasteiger charge is -2.27. The summed E-state index contributed by atoms with van der Waals surface area (Å²) in [5.74, 6) is -7.94. The first-order valence-corrected chi connectivity index (χ1v) is 37.8. The van der Waals surface area contributed by atoms with Crippen LogP contribution < -0.4 is 42.5 Å². The Bertz CT molecular complexity index is 3870. The molecule has 8 saturated heterocycles. The van der Waals surface area contributed by atoms with E-state index in [2.05, 4.69) is 68.9 Å². The van der Waals surface area contributed by atoms with E-state index in [1.54, 1.807) is 46.4 Å². The van der Waals surface area contributed by atoms with Gasteiger partial charge in [0, 0.05) is 137 Å². The van der Waals surface area contributed by atoms with Gasteiger partial charge in [0.05, 0.1) is 76.7 Å².